The second kappa shape index (κ2) is 6.44. The van der Waals surface area contributed by atoms with Gasteiger partial charge in [0.2, 0.25) is 11.8 Å². The molecule has 2 saturated heterocycles. The maximum atomic E-state index is 12.4. The molecule has 3 fully saturated rings. The van der Waals surface area contributed by atoms with E-state index in [0.29, 0.717) is 32.0 Å². The van der Waals surface area contributed by atoms with Crippen LogP contribution in [0.15, 0.2) is 12.1 Å². The summed E-state index contributed by atoms with van der Waals surface area (Å²) in [5.74, 6) is 0.486. The lowest BCUT2D eigenvalue weighted by molar-refractivity contribution is -0.132. The first-order chi connectivity index (χ1) is 12.0. The van der Waals surface area contributed by atoms with E-state index in [-0.39, 0.29) is 29.7 Å². The molecule has 6 nitrogen and oxygen atoms in total. The Morgan fingerprint density at radius 1 is 1.24 bits per heavy atom. The SMILES string of the molecule is Cc1ccc(C(=O)N2CC(N3CC(C(=O)NCC4CC4)CC3=O)C2)s1. The number of likely N-dealkylation sites (tertiary alicyclic amines) is 2. The van der Waals surface area contributed by atoms with Crippen LogP contribution in [0.25, 0.3) is 0 Å². The van der Waals surface area contributed by atoms with Gasteiger partial charge in [-0.3, -0.25) is 14.4 Å². The van der Waals surface area contributed by atoms with Crippen molar-refractivity contribution in [2.45, 2.75) is 32.2 Å². The zero-order valence-corrected chi connectivity index (χ0v) is 15.2. The first-order valence-corrected chi connectivity index (χ1v) is 9.76. The normalized spacial score (nSPS) is 23.7. The average Bonchev–Trinajstić information content (AvgIpc) is 3.15. The standard InChI is InChI=1S/C18H23N3O3S/c1-11-2-5-15(25-11)18(24)20-9-14(10-20)21-8-13(6-16(21)22)17(23)19-7-12-3-4-12/h2,5,12-14H,3-4,6-10H2,1H3,(H,19,23). The Labute approximate surface area is 151 Å². The molecule has 1 aromatic heterocycles. The number of amides is 3. The van der Waals surface area contributed by atoms with Gasteiger partial charge in [0.1, 0.15) is 0 Å². The lowest BCUT2D eigenvalue weighted by Gasteiger charge is -2.43. The van der Waals surface area contributed by atoms with Crippen LogP contribution in [0.5, 0.6) is 0 Å². The molecule has 25 heavy (non-hydrogen) atoms. The van der Waals surface area contributed by atoms with E-state index >= 15 is 0 Å². The quantitative estimate of drug-likeness (QED) is 0.858. The van der Waals surface area contributed by atoms with Crippen LogP contribution in [0, 0.1) is 18.8 Å². The highest BCUT2D eigenvalue weighted by atomic mass is 32.1. The van der Waals surface area contributed by atoms with Crippen molar-refractivity contribution in [2.24, 2.45) is 11.8 Å². The van der Waals surface area contributed by atoms with E-state index in [2.05, 4.69) is 5.32 Å². The minimum absolute atomic E-state index is 0.00377. The lowest BCUT2D eigenvalue weighted by atomic mass is 10.1. The largest absolute Gasteiger partial charge is 0.356 e. The van der Waals surface area contributed by atoms with Crippen molar-refractivity contribution in [1.29, 1.82) is 0 Å². The van der Waals surface area contributed by atoms with Crippen molar-refractivity contribution >= 4 is 29.1 Å². The minimum atomic E-state index is -0.240. The molecule has 3 amide bonds. The van der Waals surface area contributed by atoms with Crippen LogP contribution < -0.4 is 5.32 Å². The van der Waals surface area contributed by atoms with Gasteiger partial charge in [-0.05, 0) is 37.8 Å². The topological polar surface area (TPSA) is 69.7 Å². The second-order valence-electron chi connectivity index (χ2n) is 7.41. The first kappa shape index (κ1) is 16.6. The molecule has 0 aromatic carbocycles. The van der Waals surface area contributed by atoms with Gasteiger partial charge in [0, 0.05) is 37.5 Å². The van der Waals surface area contributed by atoms with Gasteiger partial charge in [0.05, 0.1) is 16.8 Å². The smallest absolute Gasteiger partial charge is 0.264 e. The Morgan fingerprint density at radius 3 is 2.64 bits per heavy atom. The van der Waals surface area contributed by atoms with E-state index in [0.717, 1.165) is 16.3 Å². The Kier molecular flexibility index (Phi) is 4.27. The predicted octanol–water partition coefficient (Wildman–Crippen LogP) is 1.26. The van der Waals surface area contributed by atoms with Crippen molar-refractivity contribution in [1.82, 2.24) is 15.1 Å². The van der Waals surface area contributed by atoms with Gasteiger partial charge in [-0.15, -0.1) is 11.3 Å². The fourth-order valence-corrected chi connectivity index (χ4v) is 4.33. The van der Waals surface area contributed by atoms with Crippen molar-refractivity contribution in [3.63, 3.8) is 0 Å². The van der Waals surface area contributed by atoms with Gasteiger partial charge in [-0.2, -0.15) is 0 Å². The number of nitrogens with one attached hydrogen (secondary N) is 1. The van der Waals surface area contributed by atoms with Crippen molar-refractivity contribution in [3.05, 3.63) is 21.9 Å². The van der Waals surface area contributed by atoms with Gasteiger partial charge in [0.15, 0.2) is 0 Å². The van der Waals surface area contributed by atoms with E-state index < -0.39 is 0 Å². The second-order valence-corrected chi connectivity index (χ2v) is 8.70. The molecule has 1 unspecified atom stereocenters. The highest BCUT2D eigenvalue weighted by Gasteiger charge is 2.43. The molecular formula is C18H23N3O3S. The Morgan fingerprint density at radius 2 is 2.00 bits per heavy atom. The zero-order chi connectivity index (χ0) is 17.6. The maximum Gasteiger partial charge on any atom is 0.264 e. The third-order valence-electron chi connectivity index (χ3n) is 5.33. The van der Waals surface area contributed by atoms with E-state index in [1.165, 1.54) is 24.2 Å². The molecule has 2 aliphatic heterocycles. The fourth-order valence-electron chi connectivity index (χ4n) is 3.49. The lowest BCUT2D eigenvalue weighted by Crippen LogP contribution is -2.61. The van der Waals surface area contributed by atoms with E-state index in [4.69, 9.17) is 0 Å². The van der Waals surface area contributed by atoms with Crippen LogP contribution in [0.2, 0.25) is 0 Å². The molecule has 1 aromatic rings. The highest BCUT2D eigenvalue weighted by Crippen LogP contribution is 2.29. The number of aryl methyl sites for hydroxylation is 1. The van der Waals surface area contributed by atoms with Crippen LogP contribution in [0.1, 0.15) is 33.8 Å². The first-order valence-electron chi connectivity index (χ1n) is 8.94. The molecule has 1 saturated carbocycles. The fraction of sp³-hybridized carbons (Fsp3) is 0.611. The molecule has 1 aliphatic carbocycles. The van der Waals surface area contributed by atoms with Crippen LogP contribution in [-0.4, -0.2) is 59.7 Å². The maximum absolute atomic E-state index is 12.4. The molecule has 1 atom stereocenters. The number of thiophene rings is 1. The molecule has 3 heterocycles. The molecule has 0 radical (unpaired) electrons. The molecule has 0 bridgehead atoms. The van der Waals surface area contributed by atoms with Crippen LogP contribution in [0.4, 0.5) is 0 Å². The van der Waals surface area contributed by atoms with E-state index in [1.54, 1.807) is 9.80 Å². The molecule has 0 spiro atoms. The van der Waals surface area contributed by atoms with E-state index in [9.17, 15) is 14.4 Å². The van der Waals surface area contributed by atoms with Gasteiger partial charge >= 0.3 is 0 Å². The summed E-state index contributed by atoms with van der Waals surface area (Å²) in [5, 5.41) is 2.97. The summed E-state index contributed by atoms with van der Waals surface area (Å²) in [7, 11) is 0. The minimum Gasteiger partial charge on any atom is -0.356 e. The Balaban J connectivity index is 1.27. The summed E-state index contributed by atoms with van der Waals surface area (Å²) in [6, 6.07) is 3.86. The van der Waals surface area contributed by atoms with Crippen molar-refractivity contribution < 1.29 is 14.4 Å². The van der Waals surface area contributed by atoms with Gasteiger partial charge in [0.25, 0.3) is 5.91 Å². The number of hydrogen-bond donors (Lipinski definition) is 1. The summed E-state index contributed by atoms with van der Waals surface area (Å²) in [6.45, 7) is 4.35. The Bertz CT molecular complexity index is 706. The molecule has 1 N–H and O–H groups in total. The van der Waals surface area contributed by atoms with Crippen LogP contribution in [0.3, 0.4) is 0 Å². The highest BCUT2D eigenvalue weighted by molar-refractivity contribution is 7.13. The molecule has 3 aliphatic rings. The summed E-state index contributed by atoms with van der Waals surface area (Å²) < 4.78 is 0. The van der Waals surface area contributed by atoms with Crippen molar-refractivity contribution in [3.8, 4) is 0 Å². The number of nitrogens with zero attached hydrogens (tertiary/aromatic N) is 2. The third-order valence-corrected chi connectivity index (χ3v) is 6.32. The zero-order valence-electron chi connectivity index (χ0n) is 14.4. The van der Waals surface area contributed by atoms with Crippen LogP contribution >= 0.6 is 11.3 Å². The summed E-state index contributed by atoms with van der Waals surface area (Å²) in [5.41, 5.74) is 0. The number of carbonyl (C=O) groups is 3. The molecule has 134 valence electrons. The molecular weight excluding hydrogens is 338 g/mol. The average molecular weight is 361 g/mol. The van der Waals surface area contributed by atoms with Crippen molar-refractivity contribution in [2.75, 3.05) is 26.2 Å². The summed E-state index contributed by atoms with van der Waals surface area (Å²) >= 11 is 1.50. The Hall–Kier alpha value is -1.89. The molecule has 4 rings (SSSR count). The van der Waals surface area contributed by atoms with Crippen LogP contribution in [-0.2, 0) is 9.59 Å². The summed E-state index contributed by atoms with van der Waals surface area (Å²) in [6.07, 6.45) is 2.70. The molecule has 7 heteroatoms. The number of carbonyl (C=O) groups excluding carboxylic acids is 3. The van der Waals surface area contributed by atoms with Gasteiger partial charge in [-0.25, -0.2) is 0 Å². The van der Waals surface area contributed by atoms with E-state index in [1.807, 2.05) is 19.1 Å². The monoisotopic (exact) mass is 361 g/mol. The third kappa shape index (κ3) is 3.42. The number of rotatable bonds is 5. The van der Waals surface area contributed by atoms with Gasteiger partial charge in [-0.1, -0.05) is 0 Å². The predicted molar refractivity (Wildman–Crippen MR) is 94.3 cm³/mol. The summed E-state index contributed by atoms with van der Waals surface area (Å²) in [4.78, 5) is 42.3. The van der Waals surface area contributed by atoms with Gasteiger partial charge < -0.3 is 15.1 Å². The number of hydrogen-bond acceptors (Lipinski definition) is 4.